The van der Waals surface area contributed by atoms with Crippen molar-refractivity contribution in [3.63, 3.8) is 0 Å². The molecule has 140 valence electrons. The summed E-state index contributed by atoms with van der Waals surface area (Å²) < 4.78 is 6.10. The smallest absolute Gasteiger partial charge is 0.319 e. The highest BCUT2D eigenvalue weighted by Gasteiger charge is 2.15. The minimum atomic E-state index is -0.228. The van der Waals surface area contributed by atoms with Gasteiger partial charge >= 0.3 is 6.03 Å². The summed E-state index contributed by atoms with van der Waals surface area (Å²) in [5, 5.41) is 5.66. The number of hydrogen-bond acceptors (Lipinski definition) is 2. The summed E-state index contributed by atoms with van der Waals surface area (Å²) in [6.45, 7) is 2.59. The van der Waals surface area contributed by atoms with Gasteiger partial charge in [0, 0.05) is 17.8 Å². The summed E-state index contributed by atoms with van der Waals surface area (Å²) in [5.41, 5.74) is 5.60. The van der Waals surface area contributed by atoms with E-state index >= 15 is 0 Å². The van der Waals surface area contributed by atoms with Crippen LogP contribution in [0.2, 0.25) is 0 Å². The number of para-hydroxylation sites is 1. The summed E-state index contributed by atoms with van der Waals surface area (Å²) in [6, 6.07) is 23.1. The maximum Gasteiger partial charge on any atom is 0.319 e. The first-order valence-corrected chi connectivity index (χ1v) is 9.33. The van der Waals surface area contributed by atoms with Gasteiger partial charge in [-0.25, -0.2) is 4.79 Å². The molecule has 3 aromatic carbocycles. The Hall–Kier alpha value is -3.53. The van der Waals surface area contributed by atoms with Gasteiger partial charge < -0.3 is 15.4 Å². The quantitative estimate of drug-likeness (QED) is 0.600. The highest BCUT2D eigenvalue weighted by Crippen LogP contribution is 2.34. The number of ether oxygens (including phenoxy) is 1. The molecule has 2 amide bonds. The lowest BCUT2D eigenvalue weighted by atomic mass is 10.1. The summed E-state index contributed by atoms with van der Waals surface area (Å²) in [5.74, 6) is 1.69. The molecule has 28 heavy (non-hydrogen) atoms. The second-order valence-corrected chi connectivity index (χ2v) is 6.91. The molecule has 0 unspecified atom stereocenters. The van der Waals surface area contributed by atoms with Crippen LogP contribution in [-0.4, -0.2) is 6.03 Å². The number of urea groups is 1. The second-order valence-electron chi connectivity index (χ2n) is 6.91. The molecule has 3 aromatic rings. The van der Waals surface area contributed by atoms with Crippen LogP contribution < -0.4 is 15.4 Å². The lowest BCUT2D eigenvalue weighted by molar-refractivity contribution is 0.251. The number of allylic oxidation sites excluding steroid dienone is 1. The van der Waals surface area contributed by atoms with E-state index < -0.39 is 0 Å². The largest absolute Gasteiger partial charge is 0.457 e. The Labute approximate surface area is 164 Å². The highest BCUT2D eigenvalue weighted by atomic mass is 16.5. The number of anilines is 1. The number of fused-ring (bicyclic) bond motifs is 1. The van der Waals surface area contributed by atoms with Gasteiger partial charge in [0.15, 0.2) is 0 Å². The average molecular weight is 370 g/mol. The minimum absolute atomic E-state index is 0.228. The fourth-order valence-corrected chi connectivity index (χ4v) is 3.28. The SMILES string of the molecule is CC1=Cc2cccc(Oc3ccc(CNC(=O)Nc4ccccc4)cc3)c2C1. The third kappa shape index (κ3) is 4.23. The zero-order chi connectivity index (χ0) is 19.3. The molecule has 1 aliphatic carbocycles. The molecular formula is C24H22N2O2. The van der Waals surface area contributed by atoms with Gasteiger partial charge in [-0.05, 0) is 54.8 Å². The van der Waals surface area contributed by atoms with Crippen molar-refractivity contribution in [2.75, 3.05) is 5.32 Å². The molecule has 2 N–H and O–H groups in total. The van der Waals surface area contributed by atoms with E-state index in [9.17, 15) is 4.79 Å². The highest BCUT2D eigenvalue weighted by molar-refractivity contribution is 5.89. The fraction of sp³-hybridized carbons (Fsp3) is 0.125. The number of amides is 2. The number of rotatable bonds is 5. The van der Waals surface area contributed by atoms with Crippen molar-refractivity contribution in [3.05, 3.63) is 95.1 Å². The molecule has 0 saturated heterocycles. The molecule has 4 nitrogen and oxygen atoms in total. The Morgan fingerprint density at radius 3 is 2.54 bits per heavy atom. The molecule has 0 aromatic heterocycles. The molecule has 0 aliphatic heterocycles. The summed E-state index contributed by atoms with van der Waals surface area (Å²) in [7, 11) is 0. The van der Waals surface area contributed by atoms with E-state index in [0.717, 1.165) is 29.2 Å². The first-order valence-electron chi connectivity index (χ1n) is 9.33. The van der Waals surface area contributed by atoms with Crippen molar-refractivity contribution in [1.29, 1.82) is 0 Å². The third-order valence-electron chi connectivity index (χ3n) is 4.66. The predicted octanol–water partition coefficient (Wildman–Crippen LogP) is 5.76. The molecule has 0 saturated carbocycles. The molecule has 0 spiro atoms. The topological polar surface area (TPSA) is 50.4 Å². The lowest BCUT2D eigenvalue weighted by Gasteiger charge is -2.12. The van der Waals surface area contributed by atoms with Gasteiger partial charge in [-0.2, -0.15) is 0 Å². The van der Waals surface area contributed by atoms with Crippen LogP contribution in [0.15, 0.2) is 78.4 Å². The first kappa shape index (κ1) is 17.9. The van der Waals surface area contributed by atoms with Crippen molar-refractivity contribution in [2.24, 2.45) is 0 Å². The maximum absolute atomic E-state index is 12.0. The van der Waals surface area contributed by atoms with Crippen LogP contribution in [0.5, 0.6) is 11.5 Å². The van der Waals surface area contributed by atoms with E-state index in [-0.39, 0.29) is 6.03 Å². The Bertz CT molecular complexity index is 1010. The van der Waals surface area contributed by atoms with Crippen LogP contribution in [0.3, 0.4) is 0 Å². The second kappa shape index (κ2) is 8.01. The summed E-state index contributed by atoms with van der Waals surface area (Å²) in [6.07, 6.45) is 3.14. The number of hydrogen-bond donors (Lipinski definition) is 2. The average Bonchev–Trinajstić information content (AvgIpc) is 3.09. The van der Waals surface area contributed by atoms with Crippen LogP contribution in [0, 0.1) is 0 Å². The third-order valence-corrected chi connectivity index (χ3v) is 4.66. The Kier molecular flexibility index (Phi) is 5.11. The van der Waals surface area contributed by atoms with Crippen LogP contribution in [0.1, 0.15) is 23.6 Å². The van der Waals surface area contributed by atoms with Crippen molar-refractivity contribution in [3.8, 4) is 11.5 Å². The zero-order valence-corrected chi connectivity index (χ0v) is 15.7. The Balaban J connectivity index is 1.34. The van der Waals surface area contributed by atoms with Crippen LogP contribution in [0.4, 0.5) is 10.5 Å². The number of carbonyl (C=O) groups is 1. The van der Waals surface area contributed by atoms with Gasteiger partial charge in [-0.1, -0.05) is 54.1 Å². The maximum atomic E-state index is 12.0. The molecule has 0 fully saturated rings. The van der Waals surface area contributed by atoms with E-state index in [1.54, 1.807) is 0 Å². The van der Waals surface area contributed by atoms with Crippen LogP contribution in [-0.2, 0) is 13.0 Å². The molecule has 4 heteroatoms. The fourth-order valence-electron chi connectivity index (χ4n) is 3.28. The van der Waals surface area contributed by atoms with Crippen molar-refractivity contribution in [1.82, 2.24) is 5.32 Å². The van der Waals surface area contributed by atoms with Crippen molar-refractivity contribution >= 4 is 17.8 Å². The van der Waals surface area contributed by atoms with E-state index in [1.807, 2.05) is 66.7 Å². The molecule has 0 radical (unpaired) electrons. The Morgan fingerprint density at radius 1 is 0.964 bits per heavy atom. The molecule has 0 atom stereocenters. The molecular weight excluding hydrogens is 348 g/mol. The van der Waals surface area contributed by atoms with Gasteiger partial charge in [0.2, 0.25) is 0 Å². The van der Waals surface area contributed by atoms with E-state index in [0.29, 0.717) is 6.54 Å². The standard InChI is InChI=1S/C24H22N2O2/c1-17-14-19-6-5-9-23(22(19)15-17)28-21-12-10-18(11-13-21)16-25-24(27)26-20-7-3-2-4-8-20/h2-14H,15-16H2,1H3,(H2,25,26,27). The lowest BCUT2D eigenvalue weighted by Crippen LogP contribution is -2.28. The zero-order valence-electron chi connectivity index (χ0n) is 15.7. The van der Waals surface area contributed by atoms with Crippen LogP contribution in [0.25, 0.3) is 6.08 Å². The van der Waals surface area contributed by atoms with Gasteiger partial charge in [0.05, 0.1) is 0 Å². The summed E-state index contributed by atoms with van der Waals surface area (Å²) in [4.78, 5) is 12.0. The molecule has 0 heterocycles. The molecule has 0 bridgehead atoms. The van der Waals surface area contributed by atoms with E-state index in [2.05, 4.69) is 29.7 Å². The Morgan fingerprint density at radius 2 is 1.75 bits per heavy atom. The number of carbonyl (C=O) groups excluding carboxylic acids is 1. The van der Waals surface area contributed by atoms with Crippen LogP contribution >= 0.6 is 0 Å². The van der Waals surface area contributed by atoms with Gasteiger partial charge in [0.25, 0.3) is 0 Å². The predicted molar refractivity (Wildman–Crippen MR) is 113 cm³/mol. The van der Waals surface area contributed by atoms with E-state index in [4.69, 9.17) is 4.74 Å². The van der Waals surface area contributed by atoms with Crippen molar-refractivity contribution < 1.29 is 9.53 Å². The van der Waals surface area contributed by atoms with Gasteiger partial charge in [-0.15, -0.1) is 0 Å². The number of nitrogens with one attached hydrogen (secondary N) is 2. The molecule has 4 rings (SSSR count). The normalized spacial score (nSPS) is 12.1. The van der Waals surface area contributed by atoms with Gasteiger partial charge in [0.1, 0.15) is 11.5 Å². The first-order chi connectivity index (χ1) is 13.7. The van der Waals surface area contributed by atoms with E-state index in [1.165, 1.54) is 16.7 Å². The minimum Gasteiger partial charge on any atom is -0.457 e. The molecule has 1 aliphatic rings. The number of benzene rings is 3. The summed E-state index contributed by atoms with van der Waals surface area (Å²) >= 11 is 0. The monoisotopic (exact) mass is 370 g/mol. The van der Waals surface area contributed by atoms with Gasteiger partial charge in [-0.3, -0.25) is 0 Å². The van der Waals surface area contributed by atoms with Crippen molar-refractivity contribution in [2.45, 2.75) is 19.9 Å².